The lowest BCUT2D eigenvalue weighted by molar-refractivity contribution is -0.175. The fourth-order valence-corrected chi connectivity index (χ4v) is 6.38. The highest BCUT2D eigenvalue weighted by atomic mass is 16.6. The van der Waals surface area contributed by atoms with Crippen LogP contribution in [0.4, 0.5) is 0 Å². The van der Waals surface area contributed by atoms with E-state index in [2.05, 4.69) is 10.2 Å². The summed E-state index contributed by atoms with van der Waals surface area (Å²) in [6.45, 7) is 3.33. The van der Waals surface area contributed by atoms with Crippen molar-refractivity contribution in [2.75, 3.05) is 20.1 Å². The van der Waals surface area contributed by atoms with Gasteiger partial charge in [-0.2, -0.15) is 0 Å². The molecule has 2 aliphatic heterocycles. The SMILES string of the molecule is C[C@H](O)C(=O)NCCC(=O)O[C@@H](C)C(=O)OC1=CC[C@@]2(O)[C@@H]3Cc4ccc(O)c5c4[C@@]2(CCN3C)[C@H]1O5. The first-order valence-corrected chi connectivity index (χ1v) is 12.5. The first-order valence-electron chi connectivity index (χ1n) is 12.5. The standard InChI is InChI=1S/C26H32N2O9/c1-13(29)23(32)27-10-7-19(31)35-14(2)24(33)36-17-6-8-26(34)18-12-15-4-5-16(30)21-20(15)25(26,22(17)37-21)9-11-28(18)3/h4-6,13-14,18,22,29-30,34H,7-12H2,1-3H3,(H,27,32)/t13-,14-,18-,22-,25-,26+/m0/s1. The van der Waals surface area contributed by atoms with E-state index in [9.17, 15) is 29.7 Å². The predicted octanol–water partition coefficient (Wildman–Crippen LogP) is 0.0319. The van der Waals surface area contributed by atoms with Crippen molar-refractivity contribution < 1.29 is 43.9 Å². The number of aliphatic hydroxyl groups is 2. The van der Waals surface area contributed by atoms with E-state index < -0.39 is 47.2 Å². The molecule has 1 aromatic rings. The van der Waals surface area contributed by atoms with Gasteiger partial charge in [-0.05, 0) is 58.0 Å². The van der Waals surface area contributed by atoms with E-state index in [1.807, 2.05) is 13.1 Å². The fourth-order valence-electron chi connectivity index (χ4n) is 6.38. The summed E-state index contributed by atoms with van der Waals surface area (Å²) in [4.78, 5) is 38.6. The minimum absolute atomic E-state index is 0.0297. The molecule has 0 saturated carbocycles. The van der Waals surface area contributed by atoms with Gasteiger partial charge < -0.3 is 39.7 Å². The molecule has 4 aliphatic rings. The van der Waals surface area contributed by atoms with Crippen molar-refractivity contribution in [1.82, 2.24) is 10.2 Å². The van der Waals surface area contributed by atoms with Gasteiger partial charge >= 0.3 is 11.9 Å². The number of likely N-dealkylation sites (tertiary alicyclic amines) is 1. The number of amides is 1. The molecular weight excluding hydrogens is 484 g/mol. The number of carbonyl (C=O) groups is 3. The number of carbonyl (C=O) groups excluding carboxylic acids is 3. The van der Waals surface area contributed by atoms with Crippen LogP contribution in [0.1, 0.15) is 44.2 Å². The Bertz CT molecular complexity index is 1180. The molecule has 1 fully saturated rings. The number of aromatic hydroxyl groups is 1. The summed E-state index contributed by atoms with van der Waals surface area (Å²) < 4.78 is 17.1. The number of phenolic OH excluding ortho intramolecular Hbond substituents is 1. The maximum Gasteiger partial charge on any atom is 0.352 e. The lowest BCUT2D eigenvalue weighted by atomic mass is 9.50. The molecule has 5 rings (SSSR count). The van der Waals surface area contributed by atoms with Gasteiger partial charge in [0.25, 0.3) is 0 Å². The Morgan fingerprint density at radius 2 is 2.05 bits per heavy atom. The highest BCUT2D eigenvalue weighted by Crippen LogP contribution is 2.65. The minimum Gasteiger partial charge on any atom is -0.504 e. The third kappa shape index (κ3) is 3.79. The first-order chi connectivity index (χ1) is 17.5. The number of ether oxygens (including phenoxy) is 3. The molecule has 1 aromatic carbocycles. The number of esters is 2. The Morgan fingerprint density at radius 1 is 1.30 bits per heavy atom. The number of likely N-dealkylation sites (N-methyl/N-ethyl adjacent to an activating group) is 1. The number of phenols is 1. The largest absolute Gasteiger partial charge is 0.504 e. The van der Waals surface area contributed by atoms with Crippen LogP contribution in [0, 0.1) is 0 Å². The average molecular weight is 517 g/mol. The molecule has 0 aromatic heterocycles. The van der Waals surface area contributed by atoms with Crippen molar-refractivity contribution in [2.24, 2.45) is 0 Å². The smallest absolute Gasteiger partial charge is 0.352 e. The van der Waals surface area contributed by atoms with Crippen molar-refractivity contribution >= 4 is 17.8 Å². The van der Waals surface area contributed by atoms with Crippen LogP contribution in [-0.2, 0) is 35.7 Å². The molecule has 0 radical (unpaired) electrons. The molecule has 1 saturated heterocycles. The van der Waals surface area contributed by atoms with E-state index in [0.29, 0.717) is 25.1 Å². The van der Waals surface area contributed by atoms with Crippen LogP contribution in [0.5, 0.6) is 11.5 Å². The molecule has 1 amide bonds. The van der Waals surface area contributed by atoms with Gasteiger partial charge in [0, 0.05) is 24.6 Å². The second-order valence-corrected chi connectivity index (χ2v) is 10.4. The summed E-state index contributed by atoms with van der Waals surface area (Å²) in [5.41, 5.74) is -0.293. The van der Waals surface area contributed by atoms with Gasteiger partial charge in [-0.15, -0.1) is 0 Å². The van der Waals surface area contributed by atoms with Crippen LogP contribution in [0.3, 0.4) is 0 Å². The van der Waals surface area contributed by atoms with Crippen LogP contribution in [-0.4, -0.2) is 88.2 Å². The first kappa shape index (κ1) is 25.5. The second-order valence-electron chi connectivity index (χ2n) is 10.4. The second kappa shape index (κ2) is 9.00. The number of benzene rings is 1. The summed E-state index contributed by atoms with van der Waals surface area (Å²) in [6, 6.07) is 3.28. The molecule has 2 heterocycles. The zero-order valence-corrected chi connectivity index (χ0v) is 21.0. The molecule has 2 bridgehead atoms. The van der Waals surface area contributed by atoms with Crippen molar-refractivity contribution in [3.63, 3.8) is 0 Å². The minimum atomic E-state index is -1.23. The van der Waals surface area contributed by atoms with Gasteiger partial charge in [-0.1, -0.05) is 6.07 Å². The Labute approximate surface area is 214 Å². The summed E-state index contributed by atoms with van der Waals surface area (Å²) in [7, 11) is 1.98. The van der Waals surface area contributed by atoms with Crippen molar-refractivity contribution in [3.8, 4) is 11.5 Å². The molecule has 11 heteroatoms. The Balaban J connectivity index is 1.33. The lowest BCUT2D eigenvalue weighted by Crippen LogP contribution is -2.74. The molecule has 0 unspecified atom stereocenters. The van der Waals surface area contributed by atoms with Crippen LogP contribution in [0.2, 0.25) is 0 Å². The van der Waals surface area contributed by atoms with Gasteiger partial charge in [0.05, 0.1) is 17.4 Å². The number of nitrogens with zero attached hydrogens (tertiary/aromatic N) is 1. The van der Waals surface area contributed by atoms with Crippen LogP contribution < -0.4 is 10.1 Å². The number of aliphatic hydroxyl groups excluding tert-OH is 1. The molecule has 4 N–H and O–H groups in total. The zero-order valence-electron chi connectivity index (χ0n) is 21.0. The van der Waals surface area contributed by atoms with Crippen molar-refractivity contribution in [3.05, 3.63) is 35.1 Å². The van der Waals surface area contributed by atoms with Gasteiger partial charge in [-0.3, -0.25) is 9.59 Å². The molecule has 1 spiro atoms. The molecular formula is C26H32N2O9. The maximum absolute atomic E-state index is 12.9. The van der Waals surface area contributed by atoms with E-state index in [-0.39, 0.29) is 36.9 Å². The number of nitrogens with one attached hydrogen (secondary N) is 1. The van der Waals surface area contributed by atoms with E-state index in [4.69, 9.17) is 14.2 Å². The summed E-state index contributed by atoms with van der Waals surface area (Å²) in [6.07, 6.45) is -0.402. The van der Waals surface area contributed by atoms with Gasteiger partial charge in [0.1, 0.15) is 11.9 Å². The molecule has 2 aliphatic carbocycles. The van der Waals surface area contributed by atoms with E-state index in [1.54, 1.807) is 12.1 Å². The topological polar surface area (TPSA) is 155 Å². The van der Waals surface area contributed by atoms with Crippen LogP contribution in [0.25, 0.3) is 0 Å². The molecule has 200 valence electrons. The van der Waals surface area contributed by atoms with Crippen LogP contribution >= 0.6 is 0 Å². The quantitative estimate of drug-likeness (QED) is 0.365. The summed E-state index contributed by atoms with van der Waals surface area (Å²) in [5.74, 6) is -1.64. The predicted molar refractivity (Wildman–Crippen MR) is 128 cm³/mol. The Hall–Kier alpha value is -3.15. The average Bonchev–Trinajstić information content (AvgIpc) is 3.20. The summed E-state index contributed by atoms with van der Waals surface area (Å²) in [5, 5.41) is 34.3. The number of piperidine rings is 1. The lowest BCUT2D eigenvalue weighted by Gasteiger charge is -2.61. The zero-order chi connectivity index (χ0) is 26.7. The Morgan fingerprint density at radius 3 is 2.78 bits per heavy atom. The van der Waals surface area contributed by atoms with Gasteiger partial charge in [0.2, 0.25) is 5.91 Å². The third-order valence-corrected chi connectivity index (χ3v) is 8.22. The summed E-state index contributed by atoms with van der Waals surface area (Å²) >= 11 is 0. The van der Waals surface area contributed by atoms with Crippen molar-refractivity contribution in [1.29, 1.82) is 0 Å². The maximum atomic E-state index is 12.9. The molecule has 37 heavy (non-hydrogen) atoms. The van der Waals surface area contributed by atoms with E-state index in [1.165, 1.54) is 13.8 Å². The number of rotatable bonds is 7. The highest BCUT2D eigenvalue weighted by molar-refractivity contribution is 5.82. The Kier molecular flexibility index (Phi) is 6.20. The number of hydrogen-bond acceptors (Lipinski definition) is 10. The molecule has 11 nitrogen and oxygen atoms in total. The number of hydrogen-bond donors (Lipinski definition) is 4. The third-order valence-electron chi connectivity index (χ3n) is 8.22. The van der Waals surface area contributed by atoms with E-state index >= 15 is 0 Å². The molecule has 6 atom stereocenters. The fraction of sp³-hybridized carbons (Fsp3) is 0.577. The normalized spacial score (nSPS) is 30.8. The van der Waals surface area contributed by atoms with Crippen LogP contribution in [0.15, 0.2) is 24.0 Å². The van der Waals surface area contributed by atoms with E-state index in [0.717, 1.165) is 11.1 Å². The van der Waals surface area contributed by atoms with Gasteiger partial charge in [-0.25, -0.2) is 4.79 Å². The van der Waals surface area contributed by atoms with Crippen molar-refractivity contribution in [2.45, 2.75) is 74.9 Å². The highest BCUT2D eigenvalue weighted by Gasteiger charge is 2.72. The van der Waals surface area contributed by atoms with Gasteiger partial charge in [0.15, 0.2) is 23.7 Å². The monoisotopic (exact) mass is 516 g/mol.